The topological polar surface area (TPSA) is 60.4 Å². The molecule has 1 rings (SSSR count). The molecule has 0 atom stereocenters. The van der Waals surface area contributed by atoms with Gasteiger partial charge in [-0.15, -0.1) is 5.75 Å². The summed E-state index contributed by atoms with van der Waals surface area (Å²) in [7, 11) is 0. The molecule has 1 N–H and O–H groups in total. The van der Waals surface area contributed by atoms with Crippen LogP contribution in [-0.2, 0) is 6.42 Å². The Morgan fingerprint density at radius 3 is 2.00 bits per heavy atom. The maximum atomic E-state index is 11.7. The van der Waals surface area contributed by atoms with Crippen molar-refractivity contribution in [1.29, 1.82) is 0 Å². The van der Waals surface area contributed by atoms with Crippen molar-refractivity contribution in [3.05, 3.63) is 29.3 Å². The third kappa shape index (κ3) is 10.6. The summed E-state index contributed by atoms with van der Waals surface area (Å²) in [5, 5.41) is 20.6. The smallest absolute Gasteiger partial charge is 0.872 e. The number of benzene rings is 1. The number of carboxylic acid groups (broad SMARTS) is 1. The second-order valence-electron chi connectivity index (χ2n) is 6.06. The number of aromatic carboxylic acids is 1. The summed E-state index contributed by atoms with van der Waals surface area (Å²) >= 11 is 0. The molecule has 0 saturated heterocycles. The van der Waals surface area contributed by atoms with Crippen LogP contribution in [0.3, 0.4) is 0 Å². The number of hydrogen-bond acceptors (Lipinski definition) is 2. The van der Waals surface area contributed by atoms with Gasteiger partial charge in [0, 0.05) is 0 Å². The van der Waals surface area contributed by atoms with Crippen LogP contribution in [-0.4, -0.2) is 11.1 Å². The van der Waals surface area contributed by atoms with Crippen molar-refractivity contribution in [1.82, 2.24) is 0 Å². The monoisotopic (exact) mass is 344 g/mol. The van der Waals surface area contributed by atoms with Crippen LogP contribution in [0.25, 0.3) is 0 Å². The van der Waals surface area contributed by atoms with Gasteiger partial charge in [0.1, 0.15) is 0 Å². The van der Waals surface area contributed by atoms with Crippen LogP contribution in [0.5, 0.6) is 5.75 Å². The molecule has 0 radical (unpaired) electrons. The summed E-state index contributed by atoms with van der Waals surface area (Å²) < 4.78 is 0. The average Bonchev–Trinajstić information content (AvgIpc) is 2.50. The number of rotatable bonds is 12. The van der Waals surface area contributed by atoms with Crippen LogP contribution in [0.4, 0.5) is 0 Å². The van der Waals surface area contributed by atoms with Crippen molar-refractivity contribution in [3.8, 4) is 5.75 Å². The van der Waals surface area contributed by atoms with Gasteiger partial charge in [0.05, 0.1) is 5.56 Å². The first-order valence-corrected chi connectivity index (χ1v) is 8.68. The van der Waals surface area contributed by atoms with Crippen LogP contribution in [0.2, 0.25) is 0 Å². The number of carboxylic acids is 1. The summed E-state index contributed by atoms with van der Waals surface area (Å²) in [4.78, 5) is 10.9. The number of unbranched alkanes of at least 4 members (excludes halogenated alkanes) is 9. The van der Waals surface area contributed by atoms with Gasteiger partial charge >= 0.3 is 57.4 Å². The molecule has 0 bridgehead atoms. The largest absolute Gasteiger partial charge is 1.00 e. The van der Waals surface area contributed by atoms with E-state index >= 15 is 0 Å². The molecule has 0 aliphatic heterocycles. The van der Waals surface area contributed by atoms with Crippen LogP contribution in [0.1, 0.15) is 87.1 Å². The van der Waals surface area contributed by atoms with Crippen molar-refractivity contribution >= 4 is 5.97 Å². The van der Waals surface area contributed by atoms with Crippen molar-refractivity contribution in [2.75, 3.05) is 0 Å². The van der Waals surface area contributed by atoms with Crippen molar-refractivity contribution < 1.29 is 66.4 Å². The van der Waals surface area contributed by atoms with Gasteiger partial charge in [-0.1, -0.05) is 76.3 Å². The molecular weight excluding hydrogens is 315 g/mol. The Balaban J connectivity index is 0.00000484. The number of hydrogen-bond donors (Lipinski definition) is 1. The van der Waals surface area contributed by atoms with Crippen molar-refractivity contribution in [3.63, 3.8) is 0 Å². The Kier molecular flexibility index (Phi) is 14.5. The van der Waals surface area contributed by atoms with E-state index in [1.54, 1.807) is 0 Å². The molecule has 0 heterocycles. The van der Waals surface area contributed by atoms with E-state index < -0.39 is 5.97 Å². The third-order valence-corrected chi connectivity index (χ3v) is 4.11. The Labute approximate surface area is 183 Å². The van der Waals surface area contributed by atoms with E-state index in [9.17, 15) is 9.90 Å². The Morgan fingerprint density at radius 1 is 0.957 bits per heavy atom. The molecule has 0 spiro atoms. The van der Waals surface area contributed by atoms with Gasteiger partial charge in [-0.3, -0.25) is 0 Å². The zero-order chi connectivity index (χ0) is 16.2. The fourth-order valence-electron chi connectivity index (χ4n) is 2.71. The van der Waals surface area contributed by atoms with E-state index in [4.69, 9.17) is 5.11 Å². The standard InChI is InChI=1S/C19H30O3.K/c1-2-3-4-5-6-7-8-9-10-11-12-16-15-17(19(21)22)13-14-18(16)20;/h13-15,20H,2-12H2,1H3,(H,21,22);/q;+1/p-1. The van der Waals surface area contributed by atoms with Gasteiger partial charge in [0.25, 0.3) is 0 Å². The molecule has 4 heteroatoms. The summed E-state index contributed by atoms with van der Waals surface area (Å²) in [6, 6.07) is 4.28. The van der Waals surface area contributed by atoms with Gasteiger partial charge in [-0.05, 0) is 25.0 Å². The normalized spacial score (nSPS) is 10.3. The van der Waals surface area contributed by atoms with Gasteiger partial charge in [0.2, 0.25) is 0 Å². The molecule has 1 aromatic rings. The van der Waals surface area contributed by atoms with Gasteiger partial charge in [0.15, 0.2) is 0 Å². The van der Waals surface area contributed by atoms with Gasteiger partial charge in [-0.25, -0.2) is 4.79 Å². The molecule has 1 aromatic carbocycles. The second-order valence-corrected chi connectivity index (χ2v) is 6.06. The van der Waals surface area contributed by atoms with Crippen LogP contribution < -0.4 is 56.5 Å². The van der Waals surface area contributed by atoms with E-state index in [0.29, 0.717) is 12.0 Å². The molecule has 3 nitrogen and oxygen atoms in total. The van der Waals surface area contributed by atoms with E-state index in [-0.39, 0.29) is 62.7 Å². The molecular formula is C19H29KO3. The van der Waals surface area contributed by atoms with Crippen LogP contribution in [0, 0.1) is 0 Å². The molecule has 0 saturated carbocycles. The Bertz CT molecular complexity index is 446. The number of carbonyl (C=O) groups is 1. The molecule has 124 valence electrons. The van der Waals surface area contributed by atoms with Crippen LogP contribution >= 0.6 is 0 Å². The van der Waals surface area contributed by atoms with Crippen LogP contribution in [0.15, 0.2) is 18.2 Å². The van der Waals surface area contributed by atoms with Crippen molar-refractivity contribution in [2.45, 2.75) is 77.6 Å². The van der Waals surface area contributed by atoms with E-state index in [2.05, 4.69) is 6.92 Å². The summed E-state index contributed by atoms with van der Waals surface area (Å²) in [6.45, 7) is 2.24. The van der Waals surface area contributed by atoms with Gasteiger partial charge < -0.3 is 10.2 Å². The zero-order valence-corrected chi connectivity index (χ0v) is 17.9. The minimum absolute atomic E-state index is 0. The minimum atomic E-state index is -0.968. The molecule has 0 aromatic heterocycles. The zero-order valence-electron chi connectivity index (χ0n) is 14.8. The van der Waals surface area contributed by atoms with E-state index in [1.807, 2.05) is 0 Å². The molecule has 0 unspecified atom stereocenters. The van der Waals surface area contributed by atoms with Crippen molar-refractivity contribution in [2.24, 2.45) is 0 Å². The fourth-order valence-corrected chi connectivity index (χ4v) is 2.71. The fraction of sp³-hybridized carbons (Fsp3) is 0.632. The Hall–Kier alpha value is 0.126. The first kappa shape index (κ1) is 23.1. The maximum Gasteiger partial charge on any atom is 1.00 e. The third-order valence-electron chi connectivity index (χ3n) is 4.11. The molecule has 23 heavy (non-hydrogen) atoms. The molecule has 0 aliphatic carbocycles. The minimum Gasteiger partial charge on any atom is -0.872 e. The Morgan fingerprint density at radius 2 is 1.48 bits per heavy atom. The van der Waals surface area contributed by atoms with Gasteiger partial charge in [-0.2, -0.15) is 0 Å². The second kappa shape index (κ2) is 14.5. The first-order valence-electron chi connectivity index (χ1n) is 8.68. The summed E-state index contributed by atoms with van der Waals surface area (Å²) in [5.74, 6) is -1.01. The quantitative estimate of drug-likeness (QED) is 0.465. The molecule has 0 amide bonds. The molecule has 0 fully saturated rings. The number of aryl methyl sites for hydroxylation is 1. The summed E-state index contributed by atoms with van der Waals surface area (Å²) in [6.07, 6.45) is 13.3. The first-order chi connectivity index (χ1) is 10.6. The summed E-state index contributed by atoms with van der Waals surface area (Å²) in [5.41, 5.74) is 0.848. The predicted octanol–water partition coefficient (Wildman–Crippen LogP) is 1.93. The van der Waals surface area contributed by atoms with E-state index in [0.717, 1.165) is 12.8 Å². The predicted molar refractivity (Wildman–Crippen MR) is 88.4 cm³/mol. The SMILES string of the molecule is CCCCCCCCCCCCc1cc(C(=O)O)ccc1[O-].[K+]. The average molecular weight is 345 g/mol. The maximum absolute atomic E-state index is 11.7. The molecule has 0 aliphatic rings. The van der Waals surface area contributed by atoms with E-state index in [1.165, 1.54) is 69.6 Å².